The van der Waals surface area contributed by atoms with Gasteiger partial charge >= 0.3 is 0 Å². The van der Waals surface area contributed by atoms with Gasteiger partial charge in [-0.05, 0) is 44.6 Å². The van der Waals surface area contributed by atoms with E-state index in [2.05, 4.69) is 28.1 Å². The maximum absolute atomic E-state index is 15.0. The maximum Gasteiger partial charge on any atom is 0.171 e. The van der Waals surface area contributed by atoms with Crippen LogP contribution in [0, 0.1) is 23.0 Å². The molecule has 0 atom stereocenters. The van der Waals surface area contributed by atoms with Crippen molar-refractivity contribution in [2.24, 2.45) is 0 Å². The minimum Gasteiger partial charge on any atom is -0.494 e. The van der Waals surface area contributed by atoms with Crippen LogP contribution < -0.4 is 9.47 Å². The van der Waals surface area contributed by atoms with E-state index < -0.39 is 11.6 Å². The number of methoxy groups -OCH3 is 2. The second kappa shape index (κ2) is 9.70. The van der Waals surface area contributed by atoms with E-state index in [0.29, 0.717) is 17.7 Å². The molecule has 1 saturated heterocycles. The zero-order valence-corrected chi connectivity index (χ0v) is 20.5. The molecule has 1 aromatic carbocycles. The third kappa shape index (κ3) is 4.22. The fourth-order valence-corrected chi connectivity index (χ4v) is 4.99. The van der Waals surface area contributed by atoms with Crippen molar-refractivity contribution in [2.45, 2.75) is 31.7 Å². The predicted molar refractivity (Wildman–Crippen MR) is 131 cm³/mol. The van der Waals surface area contributed by atoms with E-state index in [1.165, 1.54) is 20.3 Å². The fourth-order valence-electron chi connectivity index (χ4n) is 4.99. The predicted octanol–water partition coefficient (Wildman–Crippen LogP) is 4.56. The standard InChI is InChI=1S/C27H27F2N5O2/c1-33-8-6-18(7-9-33)34-15-21(23(13-30)32-34)17-11-19-16(4-5-22(19)31-14-17)10-20-26(28)24(35-2)12-25(36-3)27(20)29/h4,11-12,14-15,18H,5-10H2,1-3H3. The molecule has 7 nitrogen and oxygen atoms in total. The first kappa shape index (κ1) is 23.9. The van der Waals surface area contributed by atoms with Crippen molar-refractivity contribution < 1.29 is 18.3 Å². The molecular weight excluding hydrogens is 464 g/mol. The van der Waals surface area contributed by atoms with Gasteiger partial charge in [0.05, 0.1) is 26.0 Å². The van der Waals surface area contributed by atoms with Crippen LogP contribution in [0.4, 0.5) is 8.78 Å². The van der Waals surface area contributed by atoms with Crippen LogP contribution in [-0.4, -0.2) is 54.0 Å². The van der Waals surface area contributed by atoms with Gasteiger partial charge in [0.1, 0.15) is 6.07 Å². The van der Waals surface area contributed by atoms with Crippen LogP contribution >= 0.6 is 0 Å². The number of likely N-dealkylation sites (tertiary alicyclic amines) is 1. The summed E-state index contributed by atoms with van der Waals surface area (Å²) in [7, 11) is 4.77. The highest BCUT2D eigenvalue weighted by Gasteiger charge is 2.26. The highest BCUT2D eigenvalue weighted by Crippen LogP contribution is 2.38. The number of piperidine rings is 1. The first-order valence-electron chi connectivity index (χ1n) is 11.9. The molecule has 1 aliphatic heterocycles. The average Bonchev–Trinajstić information content (AvgIpc) is 3.51. The summed E-state index contributed by atoms with van der Waals surface area (Å²) in [6.45, 7) is 1.97. The Morgan fingerprint density at radius 3 is 2.42 bits per heavy atom. The van der Waals surface area contributed by atoms with Gasteiger partial charge in [-0.3, -0.25) is 9.67 Å². The summed E-state index contributed by atoms with van der Waals surface area (Å²) >= 11 is 0. The molecule has 3 aromatic rings. The van der Waals surface area contributed by atoms with Gasteiger partial charge in [-0.25, -0.2) is 8.78 Å². The number of aromatic nitrogens is 3. The molecule has 0 unspecified atom stereocenters. The summed E-state index contributed by atoms with van der Waals surface area (Å²) in [4.78, 5) is 6.89. The van der Waals surface area contributed by atoms with Crippen molar-refractivity contribution in [2.75, 3.05) is 34.4 Å². The third-order valence-corrected chi connectivity index (χ3v) is 7.10. The first-order valence-corrected chi connectivity index (χ1v) is 11.9. The molecule has 186 valence electrons. The van der Waals surface area contributed by atoms with Crippen molar-refractivity contribution >= 4 is 5.57 Å². The molecule has 36 heavy (non-hydrogen) atoms. The Morgan fingerprint density at radius 2 is 1.78 bits per heavy atom. The fraction of sp³-hybridized carbons (Fsp3) is 0.370. The maximum atomic E-state index is 15.0. The van der Waals surface area contributed by atoms with Gasteiger partial charge in [-0.1, -0.05) is 6.08 Å². The van der Waals surface area contributed by atoms with Crippen molar-refractivity contribution in [1.29, 1.82) is 5.26 Å². The van der Waals surface area contributed by atoms with Crippen LogP contribution in [0.5, 0.6) is 11.5 Å². The summed E-state index contributed by atoms with van der Waals surface area (Å²) in [5.41, 5.74) is 4.07. The Balaban J connectivity index is 1.48. The summed E-state index contributed by atoms with van der Waals surface area (Å²) in [6.07, 6.45) is 8.11. The van der Waals surface area contributed by atoms with Gasteiger partial charge in [0.2, 0.25) is 0 Å². The normalized spacial score (nSPS) is 15.9. The van der Waals surface area contributed by atoms with Crippen LogP contribution in [0.2, 0.25) is 0 Å². The number of pyridine rings is 1. The molecule has 1 fully saturated rings. The third-order valence-electron chi connectivity index (χ3n) is 7.10. The lowest BCUT2D eigenvalue weighted by molar-refractivity contribution is 0.212. The first-order chi connectivity index (χ1) is 17.4. The number of fused-ring (bicyclic) bond motifs is 1. The quantitative estimate of drug-likeness (QED) is 0.503. The second-order valence-corrected chi connectivity index (χ2v) is 9.23. The van der Waals surface area contributed by atoms with Gasteiger partial charge in [0.15, 0.2) is 28.8 Å². The van der Waals surface area contributed by atoms with Crippen LogP contribution in [0.25, 0.3) is 16.7 Å². The molecule has 0 radical (unpaired) electrons. The van der Waals surface area contributed by atoms with Gasteiger partial charge in [0.25, 0.3) is 0 Å². The molecule has 1 aliphatic carbocycles. The molecule has 0 N–H and O–H groups in total. The average molecular weight is 492 g/mol. The van der Waals surface area contributed by atoms with Crippen LogP contribution in [0.1, 0.15) is 41.4 Å². The molecular formula is C27H27F2N5O2. The van der Waals surface area contributed by atoms with E-state index in [9.17, 15) is 5.26 Å². The highest BCUT2D eigenvalue weighted by atomic mass is 19.1. The van der Waals surface area contributed by atoms with Crippen molar-refractivity contribution in [3.63, 3.8) is 0 Å². The summed E-state index contributed by atoms with van der Waals surface area (Å²) < 4.78 is 42.1. The minimum absolute atomic E-state index is 0.0172. The smallest absolute Gasteiger partial charge is 0.171 e. The number of halogens is 2. The van der Waals surface area contributed by atoms with Crippen LogP contribution in [-0.2, 0) is 12.8 Å². The number of nitrogens with zero attached hydrogens (tertiary/aromatic N) is 5. The number of allylic oxidation sites excluding steroid dienone is 2. The summed E-state index contributed by atoms with van der Waals surface area (Å²) in [5, 5.41) is 14.3. The number of hydrogen-bond donors (Lipinski definition) is 0. The molecule has 2 aliphatic rings. The Morgan fingerprint density at radius 1 is 1.08 bits per heavy atom. The van der Waals surface area contributed by atoms with E-state index in [0.717, 1.165) is 48.3 Å². The van der Waals surface area contributed by atoms with Crippen molar-refractivity contribution in [3.8, 4) is 28.7 Å². The Kier molecular flexibility index (Phi) is 6.46. The van der Waals surface area contributed by atoms with Crippen LogP contribution in [0.3, 0.4) is 0 Å². The number of ether oxygens (including phenoxy) is 2. The summed E-state index contributed by atoms with van der Waals surface area (Å²) in [6, 6.07) is 5.59. The van der Waals surface area contributed by atoms with Gasteiger partial charge in [0, 0.05) is 53.6 Å². The zero-order valence-electron chi connectivity index (χ0n) is 20.5. The lowest BCUT2D eigenvalue weighted by atomic mass is 9.97. The molecule has 5 rings (SSSR count). The molecule has 0 saturated carbocycles. The van der Waals surface area contributed by atoms with E-state index in [4.69, 9.17) is 9.47 Å². The van der Waals surface area contributed by atoms with Crippen molar-refractivity contribution in [3.05, 3.63) is 64.8 Å². The van der Waals surface area contributed by atoms with Crippen molar-refractivity contribution in [1.82, 2.24) is 19.7 Å². The Hall–Kier alpha value is -3.77. The highest BCUT2D eigenvalue weighted by molar-refractivity contribution is 5.79. The second-order valence-electron chi connectivity index (χ2n) is 9.23. The van der Waals surface area contributed by atoms with Gasteiger partial charge < -0.3 is 14.4 Å². The molecule has 9 heteroatoms. The monoisotopic (exact) mass is 491 g/mol. The van der Waals surface area contributed by atoms with E-state index in [-0.39, 0.29) is 29.5 Å². The van der Waals surface area contributed by atoms with E-state index in [1.807, 2.05) is 23.0 Å². The molecule has 0 spiro atoms. The lowest BCUT2D eigenvalue weighted by Crippen LogP contribution is -2.31. The molecule has 0 amide bonds. The summed E-state index contributed by atoms with van der Waals surface area (Å²) in [5.74, 6) is -1.65. The Bertz CT molecular complexity index is 1360. The number of nitriles is 1. The largest absolute Gasteiger partial charge is 0.494 e. The van der Waals surface area contributed by atoms with Gasteiger partial charge in [-0.2, -0.15) is 10.4 Å². The Labute approximate surface area is 208 Å². The van der Waals surface area contributed by atoms with Gasteiger partial charge in [-0.15, -0.1) is 0 Å². The SMILES string of the molecule is COc1cc(OC)c(F)c(CC2=CCc3ncc(-c4cn(C5CCN(C)CC5)nc4C#N)cc32)c1F. The topological polar surface area (TPSA) is 76.2 Å². The zero-order chi connectivity index (χ0) is 25.4. The van der Waals surface area contributed by atoms with E-state index in [1.54, 1.807) is 6.20 Å². The van der Waals surface area contributed by atoms with E-state index >= 15 is 8.78 Å². The lowest BCUT2D eigenvalue weighted by Gasteiger charge is -2.28. The number of hydrogen-bond acceptors (Lipinski definition) is 6. The van der Waals surface area contributed by atoms with Crippen LogP contribution in [0.15, 0.2) is 30.6 Å². The number of rotatable bonds is 6. The number of benzene rings is 1. The molecule has 3 heterocycles. The minimum atomic E-state index is -0.750. The molecule has 0 bridgehead atoms. The molecule has 2 aromatic heterocycles.